The Kier molecular flexibility index (Phi) is 5.41. The Morgan fingerprint density at radius 2 is 1.97 bits per heavy atom. The Hall–Kier alpha value is -2.84. The van der Waals surface area contributed by atoms with Crippen LogP contribution < -0.4 is 10.9 Å². The Bertz CT molecular complexity index is 1320. The molecule has 0 atom stereocenters. The summed E-state index contributed by atoms with van der Waals surface area (Å²) in [6, 6.07) is 10.0. The monoisotopic (exact) mass is 450 g/mol. The van der Waals surface area contributed by atoms with Gasteiger partial charge in [0.1, 0.15) is 4.83 Å². The summed E-state index contributed by atoms with van der Waals surface area (Å²) in [7, 11) is 0. The Balaban J connectivity index is 1.30. The zero-order chi connectivity index (χ0) is 21.4. The first kappa shape index (κ1) is 20.1. The third-order valence-electron chi connectivity index (χ3n) is 5.60. The van der Waals surface area contributed by atoms with E-state index in [0.717, 1.165) is 45.6 Å². The van der Waals surface area contributed by atoms with Crippen LogP contribution in [0.2, 0.25) is 0 Å². The first-order valence-electron chi connectivity index (χ1n) is 10.4. The molecule has 0 saturated heterocycles. The third-order valence-corrected chi connectivity index (χ3v) is 7.92. The van der Waals surface area contributed by atoms with E-state index in [1.54, 1.807) is 22.2 Å². The molecule has 1 aliphatic rings. The molecule has 8 heteroatoms. The van der Waals surface area contributed by atoms with Crippen LogP contribution in [0, 0.1) is 6.92 Å². The standard InChI is InChI=1S/C23H22N4O2S2/c1-14-20(15-7-3-2-4-8-15)31-23(25-14)26-18(28)11-12-27-13-24-21-19(22(27)29)16-9-5-6-10-17(16)30-21/h2-4,7-8,13H,5-6,9-12H2,1H3,(H,25,26,28). The minimum absolute atomic E-state index is 0.0337. The molecule has 3 heterocycles. The molecule has 0 fully saturated rings. The summed E-state index contributed by atoms with van der Waals surface area (Å²) in [6.07, 6.45) is 6.05. The van der Waals surface area contributed by atoms with Crippen LogP contribution in [-0.2, 0) is 24.2 Å². The van der Waals surface area contributed by atoms with Crippen molar-refractivity contribution in [3.05, 3.63) is 63.1 Å². The number of carbonyl (C=O) groups is 1. The van der Waals surface area contributed by atoms with Crippen LogP contribution in [0.15, 0.2) is 41.5 Å². The molecule has 0 aliphatic heterocycles. The SMILES string of the molecule is Cc1nc(NC(=O)CCn2cnc3sc4c(c3c2=O)CCCC4)sc1-c1ccccc1. The van der Waals surface area contributed by atoms with Crippen LogP contribution >= 0.6 is 22.7 Å². The number of amides is 1. The van der Waals surface area contributed by atoms with Crippen molar-refractivity contribution < 1.29 is 4.79 Å². The van der Waals surface area contributed by atoms with E-state index in [0.29, 0.717) is 11.7 Å². The van der Waals surface area contributed by atoms with Gasteiger partial charge in [-0.3, -0.25) is 14.2 Å². The first-order chi connectivity index (χ1) is 15.1. The lowest BCUT2D eigenvalue weighted by Crippen LogP contribution is -2.24. The number of fused-ring (bicyclic) bond motifs is 3. The molecule has 1 N–H and O–H groups in total. The highest BCUT2D eigenvalue weighted by atomic mass is 32.1. The Morgan fingerprint density at radius 1 is 1.16 bits per heavy atom. The van der Waals surface area contributed by atoms with E-state index in [9.17, 15) is 9.59 Å². The number of rotatable bonds is 5. The molecule has 158 valence electrons. The molecular weight excluding hydrogens is 428 g/mol. The molecule has 0 saturated carbocycles. The molecule has 5 rings (SSSR count). The van der Waals surface area contributed by atoms with Crippen molar-refractivity contribution in [1.29, 1.82) is 0 Å². The van der Waals surface area contributed by atoms with Crippen LogP contribution in [0.4, 0.5) is 5.13 Å². The van der Waals surface area contributed by atoms with Crippen LogP contribution in [0.1, 0.15) is 35.4 Å². The maximum atomic E-state index is 13.0. The van der Waals surface area contributed by atoms with Gasteiger partial charge in [-0.2, -0.15) is 0 Å². The summed E-state index contributed by atoms with van der Waals surface area (Å²) < 4.78 is 1.56. The molecule has 1 aliphatic carbocycles. The number of hydrogen-bond donors (Lipinski definition) is 1. The molecule has 0 bridgehead atoms. The van der Waals surface area contributed by atoms with E-state index in [2.05, 4.69) is 15.3 Å². The lowest BCUT2D eigenvalue weighted by atomic mass is 9.97. The molecule has 4 aromatic rings. The summed E-state index contributed by atoms with van der Waals surface area (Å²) in [5.41, 5.74) is 3.12. The number of aryl methyl sites for hydroxylation is 4. The summed E-state index contributed by atoms with van der Waals surface area (Å²) >= 11 is 3.10. The molecule has 1 amide bonds. The average Bonchev–Trinajstić information content (AvgIpc) is 3.34. The highest BCUT2D eigenvalue weighted by Crippen LogP contribution is 2.34. The lowest BCUT2D eigenvalue weighted by molar-refractivity contribution is -0.116. The second-order valence-electron chi connectivity index (χ2n) is 7.73. The maximum Gasteiger partial charge on any atom is 0.262 e. The zero-order valence-electron chi connectivity index (χ0n) is 17.2. The summed E-state index contributed by atoms with van der Waals surface area (Å²) in [4.78, 5) is 37.7. The van der Waals surface area contributed by atoms with Gasteiger partial charge in [0.25, 0.3) is 5.56 Å². The van der Waals surface area contributed by atoms with Crippen molar-refractivity contribution in [2.24, 2.45) is 0 Å². The van der Waals surface area contributed by atoms with Gasteiger partial charge in [-0.05, 0) is 43.7 Å². The number of thiophene rings is 1. The van der Waals surface area contributed by atoms with Gasteiger partial charge in [-0.15, -0.1) is 11.3 Å². The number of benzene rings is 1. The number of anilines is 1. The Morgan fingerprint density at radius 3 is 2.81 bits per heavy atom. The van der Waals surface area contributed by atoms with E-state index in [1.165, 1.54) is 28.2 Å². The van der Waals surface area contributed by atoms with Crippen molar-refractivity contribution in [1.82, 2.24) is 14.5 Å². The number of hydrogen-bond acceptors (Lipinski definition) is 6. The maximum absolute atomic E-state index is 13.0. The normalized spacial score (nSPS) is 13.3. The van der Waals surface area contributed by atoms with E-state index in [4.69, 9.17) is 0 Å². The number of nitrogens with zero attached hydrogens (tertiary/aromatic N) is 3. The highest BCUT2D eigenvalue weighted by Gasteiger charge is 2.20. The van der Waals surface area contributed by atoms with Crippen molar-refractivity contribution in [2.75, 3.05) is 5.32 Å². The minimum atomic E-state index is -0.160. The smallest absolute Gasteiger partial charge is 0.262 e. The fraction of sp³-hybridized carbons (Fsp3) is 0.304. The van der Waals surface area contributed by atoms with E-state index < -0.39 is 0 Å². The molecule has 6 nitrogen and oxygen atoms in total. The van der Waals surface area contributed by atoms with Crippen molar-refractivity contribution in [3.8, 4) is 10.4 Å². The summed E-state index contributed by atoms with van der Waals surface area (Å²) in [5.74, 6) is -0.160. The number of carbonyl (C=O) groups excluding carboxylic acids is 1. The Labute approximate surface area is 187 Å². The third kappa shape index (κ3) is 3.93. The van der Waals surface area contributed by atoms with Gasteiger partial charge in [-0.1, -0.05) is 41.7 Å². The lowest BCUT2D eigenvalue weighted by Gasteiger charge is -2.10. The molecular formula is C23H22N4O2S2. The predicted octanol–water partition coefficient (Wildman–Crippen LogP) is 4.80. The van der Waals surface area contributed by atoms with E-state index in [1.807, 2.05) is 37.3 Å². The van der Waals surface area contributed by atoms with Crippen molar-refractivity contribution >= 4 is 43.9 Å². The number of aromatic nitrogens is 3. The molecule has 3 aromatic heterocycles. The predicted molar refractivity (Wildman–Crippen MR) is 126 cm³/mol. The van der Waals surface area contributed by atoms with Crippen molar-refractivity contribution in [3.63, 3.8) is 0 Å². The number of nitrogens with one attached hydrogen (secondary N) is 1. The summed E-state index contributed by atoms with van der Waals surface area (Å²) in [5, 5.41) is 4.21. The molecule has 0 spiro atoms. The molecule has 1 aromatic carbocycles. The largest absolute Gasteiger partial charge is 0.302 e. The van der Waals surface area contributed by atoms with E-state index >= 15 is 0 Å². The fourth-order valence-corrected chi connectivity index (χ4v) is 6.26. The van der Waals surface area contributed by atoms with Crippen LogP contribution in [0.3, 0.4) is 0 Å². The van der Waals surface area contributed by atoms with Gasteiger partial charge in [0.15, 0.2) is 5.13 Å². The van der Waals surface area contributed by atoms with Gasteiger partial charge in [0, 0.05) is 17.8 Å². The fourth-order valence-electron chi connectivity index (χ4n) is 4.05. The topological polar surface area (TPSA) is 76.9 Å². The van der Waals surface area contributed by atoms with Crippen LogP contribution in [0.25, 0.3) is 20.7 Å². The molecule has 0 radical (unpaired) electrons. The van der Waals surface area contributed by atoms with Crippen molar-refractivity contribution in [2.45, 2.75) is 45.6 Å². The zero-order valence-corrected chi connectivity index (χ0v) is 18.8. The molecule has 0 unspecified atom stereocenters. The average molecular weight is 451 g/mol. The quantitative estimate of drug-likeness (QED) is 0.474. The van der Waals surface area contributed by atoms with Gasteiger partial charge >= 0.3 is 0 Å². The van der Waals surface area contributed by atoms with Crippen LogP contribution in [0.5, 0.6) is 0 Å². The second kappa shape index (κ2) is 8.36. The number of thiazole rings is 1. The van der Waals surface area contributed by atoms with Crippen LogP contribution in [-0.4, -0.2) is 20.4 Å². The van der Waals surface area contributed by atoms with Gasteiger partial charge < -0.3 is 5.32 Å². The minimum Gasteiger partial charge on any atom is -0.302 e. The second-order valence-corrected chi connectivity index (χ2v) is 9.81. The molecule has 31 heavy (non-hydrogen) atoms. The highest BCUT2D eigenvalue weighted by molar-refractivity contribution is 7.19. The van der Waals surface area contributed by atoms with Gasteiger partial charge in [0.2, 0.25) is 5.91 Å². The summed E-state index contributed by atoms with van der Waals surface area (Å²) in [6.45, 7) is 2.24. The van der Waals surface area contributed by atoms with E-state index in [-0.39, 0.29) is 17.9 Å². The van der Waals surface area contributed by atoms with Gasteiger partial charge in [-0.25, -0.2) is 9.97 Å². The first-order valence-corrected chi connectivity index (χ1v) is 12.1. The van der Waals surface area contributed by atoms with Gasteiger partial charge in [0.05, 0.1) is 22.3 Å².